The van der Waals surface area contributed by atoms with E-state index in [0.717, 1.165) is 35.2 Å². The number of aromatic nitrogens is 5. The quantitative estimate of drug-likeness (QED) is 0.514. The van der Waals surface area contributed by atoms with Crippen molar-refractivity contribution in [3.63, 3.8) is 0 Å². The maximum atomic E-state index is 14.2. The van der Waals surface area contributed by atoms with Gasteiger partial charge in [0.1, 0.15) is 11.2 Å². The number of oxazole rings is 1. The van der Waals surface area contributed by atoms with Gasteiger partial charge >= 0.3 is 0 Å². The van der Waals surface area contributed by atoms with E-state index < -0.39 is 0 Å². The molecule has 1 aliphatic carbocycles. The molecule has 1 aromatic carbocycles. The summed E-state index contributed by atoms with van der Waals surface area (Å²) in [5.74, 6) is 0.805. The summed E-state index contributed by atoms with van der Waals surface area (Å²) in [6, 6.07) is 7.93. The van der Waals surface area contributed by atoms with Crippen LogP contribution in [0.15, 0.2) is 41.1 Å². The van der Waals surface area contributed by atoms with Crippen molar-refractivity contribution in [2.75, 3.05) is 5.73 Å². The van der Waals surface area contributed by atoms with Gasteiger partial charge < -0.3 is 15.1 Å². The van der Waals surface area contributed by atoms with Crippen LogP contribution in [0.3, 0.4) is 0 Å². The third-order valence-electron chi connectivity index (χ3n) is 7.36. The molecule has 0 spiro atoms. The summed E-state index contributed by atoms with van der Waals surface area (Å²) in [6.45, 7) is 6.16. The lowest BCUT2D eigenvalue weighted by Crippen LogP contribution is -2.59. The Labute approximate surface area is 190 Å². The van der Waals surface area contributed by atoms with Crippen LogP contribution in [0.5, 0.6) is 0 Å². The van der Waals surface area contributed by atoms with Crippen molar-refractivity contribution in [2.45, 2.75) is 45.7 Å². The number of hydrogen-bond donors (Lipinski definition) is 1. The van der Waals surface area contributed by atoms with Crippen molar-refractivity contribution in [1.82, 2.24) is 29.9 Å². The lowest BCUT2D eigenvalue weighted by Gasteiger charge is -2.57. The minimum Gasteiger partial charge on any atom is -0.424 e. The van der Waals surface area contributed by atoms with Crippen LogP contribution in [-0.2, 0) is 0 Å². The fourth-order valence-corrected chi connectivity index (χ4v) is 5.56. The van der Waals surface area contributed by atoms with Gasteiger partial charge in [0, 0.05) is 11.7 Å². The molecule has 2 N–H and O–H groups in total. The Balaban J connectivity index is 1.48. The maximum Gasteiger partial charge on any atom is 0.292 e. The lowest BCUT2D eigenvalue weighted by molar-refractivity contribution is -0.0567. The molecule has 3 aliphatic rings. The van der Waals surface area contributed by atoms with E-state index in [1.165, 1.54) is 4.80 Å². The second-order valence-corrected chi connectivity index (χ2v) is 9.22. The van der Waals surface area contributed by atoms with E-state index in [1.807, 2.05) is 43.0 Å². The fourth-order valence-electron chi connectivity index (χ4n) is 5.56. The van der Waals surface area contributed by atoms with E-state index in [-0.39, 0.29) is 24.0 Å². The van der Waals surface area contributed by atoms with E-state index in [4.69, 9.17) is 10.2 Å². The van der Waals surface area contributed by atoms with E-state index in [0.29, 0.717) is 28.8 Å². The molecule has 9 heteroatoms. The number of fused-ring (bicyclic) bond motifs is 3. The van der Waals surface area contributed by atoms with Crippen molar-refractivity contribution in [3.8, 4) is 5.69 Å². The number of amides is 1. The number of anilines is 1. The second kappa shape index (κ2) is 7.13. The standard InChI is InChI=1S/C24H25N7O2/c1-12-4-6-18(31-26-8-9-27-31)21(28-12)23(32)30-16-10-15(11-16)13(2)22(30)17-5-7-19-20(14(17)3)29-24(25)33-19/h4-9,13,15-16,22H,10-11H2,1-3H3,(H2,25,29)/t13-,15?,16?,22+/m0/s1. The first kappa shape index (κ1) is 19.9. The molecule has 2 saturated heterocycles. The zero-order valence-corrected chi connectivity index (χ0v) is 18.8. The first-order chi connectivity index (χ1) is 15.9. The molecule has 3 aromatic heterocycles. The number of nitrogens with two attached hydrogens (primary N) is 1. The van der Waals surface area contributed by atoms with Gasteiger partial charge in [0.05, 0.1) is 18.4 Å². The van der Waals surface area contributed by atoms with Gasteiger partial charge in [0.2, 0.25) is 0 Å². The number of nitrogen functional groups attached to an aromatic ring is 1. The van der Waals surface area contributed by atoms with Gasteiger partial charge in [0.15, 0.2) is 11.3 Å². The van der Waals surface area contributed by atoms with Crippen LogP contribution >= 0.6 is 0 Å². The molecule has 1 amide bonds. The highest BCUT2D eigenvalue weighted by Gasteiger charge is 2.52. The summed E-state index contributed by atoms with van der Waals surface area (Å²) in [7, 11) is 0. The van der Waals surface area contributed by atoms with Crippen molar-refractivity contribution in [3.05, 3.63) is 59.2 Å². The molecular weight excluding hydrogens is 418 g/mol. The number of nitrogens with zero attached hydrogens (tertiary/aromatic N) is 6. The number of benzene rings is 1. The number of pyridine rings is 1. The predicted octanol–water partition coefficient (Wildman–Crippen LogP) is 3.61. The van der Waals surface area contributed by atoms with Crippen LogP contribution in [0.1, 0.15) is 53.1 Å². The Morgan fingerprint density at radius 2 is 1.85 bits per heavy atom. The molecule has 7 rings (SSSR count). The summed E-state index contributed by atoms with van der Waals surface area (Å²) >= 11 is 0. The molecule has 0 unspecified atom stereocenters. The van der Waals surface area contributed by atoms with Crippen molar-refractivity contribution in [1.29, 1.82) is 0 Å². The van der Waals surface area contributed by atoms with E-state index in [2.05, 4.69) is 27.1 Å². The molecule has 0 radical (unpaired) electrons. The molecule has 9 nitrogen and oxygen atoms in total. The summed E-state index contributed by atoms with van der Waals surface area (Å²) < 4.78 is 5.52. The molecule has 4 aromatic rings. The van der Waals surface area contributed by atoms with Crippen LogP contribution in [0.2, 0.25) is 0 Å². The number of carbonyl (C=O) groups is 1. The summed E-state index contributed by atoms with van der Waals surface area (Å²) in [4.78, 5) is 26.7. The van der Waals surface area contributed by atoms with Crippen LogP contribution in [-0.4, -0.2) is 41.8 Å². The van der Waals surface area contributed by atoms with Gasteiger partial charge in [-0.3, -0.25) is 4.79 Å². The van der Waals surface area contributed by atoms with Crippen LogP contribution in [0.4, 0.5) is 6.01 Å². The zero-order valence-electron chi connectivity index (χ0n) is 18.8. The van der Waals surface area contributed by atoms with Gasteiger partial charge in [-0.05, 0) is 67.9 Å². The van der Waals surface area contributed by atoms with Gasteiger partial charge in [-0.2, -0.15) is 15.2 Å². The third kappa shape index (κ3) is 2.95. The summed E-state index contributed by atoms with van der Waals surface area (Å²) in [5, 5.41) is 8.48. The molecule has 2 aliphatic heterocycles. The molecule has 1 saturated carbocycles. The molecule has 33 heavy (non-hydrogen) atoms. The smallest absolute Gasteiger partial charge is 0.292 e. The average Bonchev–Trinajstić information content (AvgIpc) is 3.42. The lowest BCUT2D eigenvalue weighted by atomic mass is 9.63. The van der Waals surface area contributed by atoms with Gasteiger partial charge in [0.25, 0.3) is 11.9 Å². The minimum atomic E-state index is -0.0924. The van der Waals surface area contributed by atoms with Crippen molar-refractivity contribution in [2.24, 2.45) is 11.8 Å². The van der Waals surface area contributed by atoms with Gasteiger partial charge in [-0.15, -0.1) is 4.80 Å². The van der Waals surface area contributed by atoms with E-state index >= 15 is 0 Å². The molecular formula is C24H25N7O2. The highest BCUT2D eigenvalue weighted by Crippen LogP contribution is 2.53. The maximum absolute atomic E-state index is 14.2. The zero-order chi connectivity index (χ0) is 22.9. The normalized spacial score (nSPS) is 24.2. The second-order valence-electron chi connectivity index (χ2n) is 9.22. The average molecular weight is 444 g/mol. The Kier molecular flexibility index (Phi) is 4.30. The first-order valence-corrected chi connectivity index (χ1v) is 11.2. The largest absolute Gasteiger partial charge is 0.424 e. The van der Waals surface area contributed by atoms with Crippen molar-refractivity contribution >= 4 is 23.0 Å². The SMILES string of the molecule is Cc1ccc(-n2nccn2)c(C(=O)N2C3CC(C3)[C@H](C)[C@@H]2c2ccc3oc(N)nc3c2C)n1. The third-order valence-corrected chi connectivity index (χ3v) is 7.36. The molecule has 2 bridgehead atoms. The minimum absolute atomic E-state index is 0.0851. The monoisotopic (exact) mass is 443 g/mol. The summed E-state index contributed by atoms with van der Waals surface area (Å²) in [6.07, 6.45) is 5.22. The van der Waals surface area contributed by atoms with E-state index in [1.54, 1.807) is 12.4 Å². The number of piperidine rings is 2. The van der Waals surface area contributed by atoms with E-state index in [9.17, 15) is 4.79 Å². The van der Waals surface area contributed by atoms with Crippen LogP contribution in [0.25, 0.3) is 16.8 Å². The molecule has 2 atom stereocenters. The number of rotatable bonds is 3. The predicted molar refractivity (Wildman–Crippen MR) is 122 cm³/mol. The highest BCUT2D eigenvalue weighted by atomic mass is 16.4. The number of carbonyl (C=O) groups excluding carboxylic acids is 1. The van der Waals surface area contributed by atoms with Crippen molar-refractivity contribution < 1.29 is 9.21 Å². The molecule has 3 fully saturated rings. The Morgan fingerprint density at radius 1 is 1.09 bits per heavy atom. The van der Waals surface area contributed by atoms with Crippen LogP contribution < -0.4 is 5.73 Å². The fraction of sp³-hybridized carbons (Fsp3) is 0.375. The Bertz CT molecular complexity index is 1370. The molecule has 168 valence electrons. The molecule has 5 heterocycles. The first-order valence-electron chi connectivity index (χ1n) is 11.2. The number of aryl methyl sites for hydroxylation is 2. The Hall–Kier alpha value is -3.75. The highest BCUT2D eigenvalue weighted by molar-refractivity contribution is 5.96. The Morgan fingerprint density at radius 3 is 2.61 bits per heavy atom. The number of hydrogen-bond acceptors (Lipinski definition) is 7. The van der Waals surface area contributed by atoms with Gasteiger partial charge in [-0.25, -0.2) is 4.98 Å². The summed E-state index contributed by atoms with van der Waals surface area (Å²) in [5.41, 5.74) is 11.0. The topological polar surface area (TPSA) is 116 Å². The van der Waals surface area contributed by atoms with Crippen LogP contribution in [0, 0.1) is 25.7 Å². The van der Waals surface area contributed by atoms with Gasteiger partial charge in [-0.1, -0.05) is 13.0 Å².